The lowest BCUT2D eigenvalue weighted by Gasteiger charge is -2.38. The van der Waals surface area contributed by atoms with Gasteiger partial charge in [0.1, 0.15) is 6.04 Å². The predicted molar refractivity (Wildman–Crippen MR) is 132 cm³/mol. The lowest BCUT2D eigenvalue weighted by atomic mass is 9.79. The van der Waals surface area contributed by atoms with Crippen LogP contribution >= 0.6 is 0 Å². The Morgan fingerprint density at radius 3 is 2.54 bits per heavy atom. The van der Waals surface area contributed by atoms with Crippen molar-refractivity contribution in [3.8, 4) is 0 Å². The molecule has 2 aliphatic carbocycles. The fourth-order valence-corrected chi connectivity index (χ4v) is 6.65. The van der Waals surface area contributed by atoms with Gasteiger partial charge in [0.25, 0.3) is 5.91 Å². The number of fused-ring (bicyclic) bond motifs is 1. The molecule has 6 nitrogen and oxygen atoms in total. The van der Waals surface area contributed by atoms with E-state index in [0.29, 0.717) is 68.3 Å². The molecule has 2 saturated carbocycles. The highest BCUT2D eigenvalue weighted by molar-refractivity contribution is 6.01. The maximum absolute atomic E-state index is 13.0. The third kappa shape index (κ3) is 6.20. The van der Waals surface area contributed by atoms with E-state index in [1.807, 2.05) is 12.1 Å². The van der Waals surface area contributed by atoms with Crippen LogP contribution in [0.25, 0.3) is 0 Å². The highest BCUT2D eigenvalue weighted by atomic mass is 19.4. The summed E-state index contributed by atoms with van der Waals surface area (Å²) in [6.45, 7) is 4.27. The molecule has 1 aromatic carbocycles. The Morgan fingerprint density at radius 1 is 1.05 bits per heavy atom. The van der Waals surface area contributed by atoms with E-state index in [9.17, 15) is 22.8 Å². The number of carbonyl (C=O) groups is 2. The normalized spacial score (nSPS) is 30.8. The zero-order valence-corrected chi connectivity index (χ0v) is 21.1. The van der Waals surface area contributed by atoms with E-state index < -0.39 is 18.5 Å². The lowest BCUT2D eigenvalue weighted by Crippen LogP contribution is -2.49. The number of alkyl halides is 3. The monoisotopic (exact) mass is 519 g/mol. The molecule has 2 amide bonds. The van der Waals surface area contributed by atoms with Crippen LogP contribution in [0.4, 0.5) is 13.2 Å². The van der Waals surface area contributed by atoms with Crippen LogP contribution in [0.1, 0.15) is 85.7 Å². The highest BCUT2D eigenvalue weighted by Gasteiger charge is 2.39. The van der Waals surface area contributed by atoms with Gasteiger partial charge >= 0.3 is 6.36 Å². The molecular weight excluding hydrogens is 483 g/mol. The summed E-state index contributed by atoms with van der Waals surface area (Å²) in [5.41, 5.74) is 3.54. The minimum Gasteiger partial charge on any atom is -0.329 e. The zero-order chi connectivity index (χ0) is 26.2. The fraction of sp³-hybridized carbons (Fsp3) is 0.643. The van der Waals surface area contributed by atoms with Gasteiger partial charge in [-0.25, -0.2) is 0 Å². The smallest absolute Gasteiger partial charge is 0.329 e. The van der Waals surface area contributed by atoms with Gasteiger partial charge < -0.3 is 15.5 Å². The molecule has 202 valence electrons. The molecule has 1 unspecified atom stereocenters. The highest BCUT2D eigenvalue weighted by Crippen LogP contribution is 2.34. The van der Waals surface area contributed by atoms with Gasteiger partial charge in [0.2, 0.25) is 5.91 Å². The van der Waals surface area contributed by atoms with Crippen molar-refractivity contribution in [3.05, 3.63) is 47.2 Å². The van der Waals surface area contributed by atoms with E-state index in [1.54, 1.807) is 4.90 Å². The minimum absolute atomic E-state index is 0.0865. The number of nitrogens with zero attached hydrogens (tertiary/aromatic N) is 1. The number of rotatable bonds is 6. The van der Waals surface area contributed by atoms with Crippen molar-refractivity contribution >= 4 is 11.8 Å². The Hall–Kier alpha value is -2.39. The molecule has 2 N–H and O–H groups in total. The molecule has 1 aromatic rings. The fourth-order valence-electron chi connectivity index (χ4n) is 6.65. The number of carbonyl (C=O) groups excluding carboxylic acids is 2. The van der Waals surface area contributed by atoms with Crippen molar-refractivity contribution < 1.29 is 27.5 Å². The molecule has 0 aromatic heterocycles. The quantitative estimate of drug-likeness (QED) is 0.557. The average molecular weight is 520 g/mol. The predicted octanol–water partition coefficient (Wildman–Crippen LogP) is 4.97. The average Bonchev–Trinajstić information content (AvgIpc) is 3.16. The van der Waals surface area contributed by atoms with Gasteiger partial charge in [0.05, 0.1) is 6.10 Å². The van der Waals surface area contributed by atoms with Crippen molar-refractivity contribution in [2.75, 3.05) is 0 Å². The molecule has 9 heteroatoms. The minimum atomic E-state index is -4.56. The van der Waals surface area contributed by atoms with Crippen LogP contribution in [0.2, 0.25) is 0 Å². The Kier molecular flexibility index (Phi) is 7.63. The number of hydrogen-bond acceptors (Lipinski definition) is 4. The first-order chi connectivity index (χ1) is 17.7. The largest absolute Gasteiger partial charge is 0.522 e. The maximum Gasteiger partial charge on any atom is 0.522 e. The number of benzene rings is 1. The molecule has 0 bridgehead atoms. The maximum atomic E-state index is 13.0. The molecule has 37 heavy (non-hydrogen) atoms. The zero-order valence-electron chi connectivity index (χ0n) is 21.1. The van der Waals surface area contributed by atoms with E-state index in [0.717, 1.165) is 31.2 Å². The second kappa shape index (κ2) is 10.8. The Balaban J connectivity index is 1.19. The molecule has 0 radical (unpaired) electrons. The summed E-state index contributed by atoms with van der Waals surface area (Å²) in [5, 5.41) is 6.56. The summed E-state index contributed by atoms with van der Waals surface area (Å²) in [6.07, 6.45) is 3.64. The topological polar surface area (TPSA) is 70.7 Å². The van der Waals surface area contributed by atoms with Gasteiger partial charge in [-0.15, -0.1) is 13.2 Å². The Morgan fingerprint density at radius 2 is 1.81 bits per heavy atom. The van der Waals surface area contributed by atoms with Crippen molar-refractivity contribution in [2.45, 2.75) is 108 Å². The number of ether oxygens (including phenoxy) is 1. The van der Waals surface area contributed by atoms with Crippen LogP contribution in [0.15, 0.2) is 30.5 Å². The molecule has 2 heterocycles. The first kappa shape index (κ1) is 26.2. The summed E-state index contributed by atoms with van der Waals surface area (Å²) in [7, 11) is 0. The SMILES string of the molecule is C=C1CCC(N2Cc3cc(C[C@H]4CCCC[C@@H]4N[C@H]4CC[C@H](OC(F)(F)F)CC4)ccc3C2=O)C(=O)N1. The number of hydrogen-bond donors (Lipinski definition) is 2. The van der Waals surface area contributed by atoms with Crippen LogP contribution in [-0.4, -0.2) is 47.3 Å². The van der Waals surface area contributed by atoms with Crippen LogP contribution < -0.4 is 10.6 Å². The molecular formula is C28H36F3N3O3. The molecule has 3 atom stereocenters. The summed E-state index contributed by atoms with van der Waals surface area (Å²) >= 11 is 0. The molecule has 3 fully saturated rings. The summed E-state index contributed by atoms with van der Waals surface area (Å²) < 4.78 is 41.9. The van der Waals surface area contributed by atoms with Crippen molar-refractivity contribution in [1.29, 1.82) is 0 Å². The molecule has 4 aliphatic rings. The number of piperidine rings is 1. The van der Waals surface area contributed by atoms with Crippen molar-refractivity contribution in [3.63, 3.8) is 0 Å². The van der Waals surface area contributed by atoms with Crippen LogP contribution in [0.3, 0.4) is 0 Å². The van der Waals surface area contributed by atoms with Crippen LogP contribution in [-0.2, 0) is 22.5 Å². The first-order valence-corrected chi connectivity index (χ1v) is 13.6. The van der Waals surface area contributed by atoms with E-state index in [-0.39, 0.29) is 17.9 Å². The molecule has 0 spiro atoms. The summed E-state index contributed by atoms with van der Waals surface area (Å²) in [4.78, 5) is 27.2. The Labute approximate surface area is 216 Å². The third-order valence-corrected chi connectivity index (χ3v) is 8.53. The number of amides is 2. The number of allylic oxidation sites excluding steroid dienone is 1. The molecule has 1 saturated heterocycles. The molecule has 2 aliphatic heterocycles. The van der Waals surface area contributed by atoms with Crippen LogP contribution in [0.5, 0.6) is 0 Å². The van der Waals surface area contributed by atoms with Gasteiger partial charge in [-0.2, -0.15) is 0 Å². The van der Waals surface area contributed by atoms with E-state index in [2.05, 4.69) is 28.0 Å². The second-order valence-electron chi connectivity index (χ2n) is 11.1. The summed E-state index contributed by atoms with van der Waals surface area (Å²) in [6, 6.07) is 6.16. The standard InChI is InChI=1S/C28H36F3N3O3/c1-17-6-13-25(26(35)32-17)34-16-20-15-18(7-12-23(20)27(34)36)14-19-4-2-3-5-24(19)33-21-8-10-22(11-9-21)37-28(29,30)31/h7,12,15,19,21-22,24-25,33H,1-6,8-11,13-14,16H2,(H,32,35)/t19-,21-,22-,24+,25?/m1/s1. The molecule has 5 rings (SSSR count). The Bertz CT molecular complexity index is 1040. The van der Waals surface area contributed by atoms with Gasteiger partial charge in [-0.3, -0.25) is 14.3 Å². The van der Waals surface area contributed by atoms with E-state index in [4.69, 9.17) is 0 Å². The third-order valence-electron chi connectivity index (χ3n) is 8.53. The van der Waals surface area contributed by atoms with Crippen LogP contribution in [0, 0.1) is 5.92 Å². The number of halogens is 3. The van der Waals surface area contributed by atoms with Gasteiger partial charge in [0, 0.05) is 29.9 Å². The van der Waals surface area contributed by atoms with Gasteiger partial charge in [-0.05, 0) is 80.9 Å². The van der Waals surface area contributed by atoms with Crippen molar-refractivity contribution in [1.82, 2.24) is 15.5 Å². The second-order valence-corrected chi connectivity index (χ2v) is 11.1. The van der Waals surface area contributed by atoms with Gasteiger partial charge in [-0.1, -0.05) is 31.6 Å². The summed E-state index contributed by atoms with van der Waals surface area (Å²) in [5.74, 6) is 0.198. The first-order valence-electron chi connectivity index (χ1n) is 13.6. The lowest BCUT2D eigenvalue weighted by molar-refractivity contribution is -0.345. The van der Waals surface area contributed by atoms with Crippen molar-refractivity contribution in [2.24, 2.45) is 5.92 Å². The number of nitrogens with one attached hydrogen (secondary N) is 2. The van der Waals surface area contributed by atoms with Gasteiger partial charge in [0.15, 0.2) is 0 Å². The van der Waals surface area contributed by atoms with E-state index in [1.165, 1.54) is 12.0 Å². The van der Waals surface area contributed by atoms with E-state index >= 15 is 0 Å².